The summed E-state index contributed by atoms with van der Waals surface area (Å²) in [5.74, 6) is 0. The van der Waals surface area contributed by atoms with Crippen LogP contribution in [0.25, 0.3) is 0 Å². The molecule has 0 unspecified atom stereocenters. The summed E-state index contributed by atoms with van der Waals surface area (Å²) in [5.41, 5.74) is 7.30. The highest BCUT2D eigenvalue weighted by atomic mass is 32.2. The Hall–Kier alpha value is -1.11. The van der Waals surface area contributed by atoms with Gasteiger partial charge < -0.3 is 5.73 Å². The first kappa shape index (κ1) is 15.3. The summed E-state index contributed by atoms with van der Waals surface area (Å²) in [6.07, 6.45) is 2.68. The molecule has 5 nitrogen and oxygen atoms in total. The van der Waals surface area contributed by atoms with Gasteiger partial charge in [0.25, 0.3) is 0 Å². The SMILES string of the molecule is CCCN(c1ccc(CN)cc1)S(=O)(=O)N1CCCC1. The number of hydrogen-bond acceptors (Lipinski definition) is 3. The molecule has 0 saturated carbocycles. The van der Waals surface area contributed by atoms with Crippen LogP contribution in [0, 0.1) is 0 Å². The van der Waals surface area contributed by atoms with Crippen LogP contribution >= 0.6 is 0 Å². The lowest BCUT2D eigenvalue weighted by atomic mass is 10.2. The quantitative estimate of drug-likeness (QED) is 0.869. The van der Waals surface area contributed by atoms with Crippen LogP contribution < -0.4 is 10.0 Å². The van der Waals surface area contributed by atoms with Crippen LogP contribution in [0.1, 0.15) is 31.7 Å². The predicted octanol–water partition coefficient (Wildman–Crippen LogP) is 1.70. The average Bonchev–Trinajstić information content (AvgIpc) is 3.00. The van der Waals surface area contributed by atoms with Gasteiger partial charge in [-0.15, -0.1) is 0 Å². The topological polar surface area (TPSA) is 66.6 Å². The van der Waals surface area contributed by atoms with Crippen molar-refractivity contribution in [2.24, 2.45) is 5.73 Å². The monoisotopic (exact) mass is 297 g/mol. The van der Waals surface area contributed by atoms with Crippen molar-refractivity contribution in [2.75, 3.05) is 23.9 Å². The number of benzene rings is 1. The fourth-order valence-electron chi connectivity index (χ4n) is 2.44. The molecule has 0 atom stereocenters. The molecule has 0 spiro atoms. The van der Waals surface area contributed by atoms with E-state index in [1.165, 1.54) is 4.31 Å². The molecule has 1 aliphatic rings. The number of anilines is 1. The zero-order valence-corrected chi connectivity index (χ0v) is 12.8. The van der Waals surface area contributed by atoms with Crippen LogP contribution in [0.15, 0.2) is 24.3 Å². The Morgan fingerprint density at radius 3 is 2.30 bits per heavy atom. The second-order valence-corrected chi connectivity index (χ2v) is 6.91. The molecular formula is C14H23N3O2S. The van der Waals surface area contributed by atoms with Crippen molar-refractivity contribution in [2.45, 2.75) is 32.7 Å². The van der Waals surface area contributed by atoms with Crippen LogP contribution in [-0.4, -0.2) is 32.4 Å². The molecule has 6 heteroatoms. The van der Waals surface area contributed by atoms with Gasteiger partial charge in [-0.05, 0) is 37.0 Å². The molecule has 1 aromatic carbocycles. The van der Waals surface area contributed by atoms with Crippen molar-refractivity contribution >= 4 is 15.9 Å². The van der Waals surface area contributed by atoms with E-state index in [1.54, 1.807) is 4.31 Å². The van der Waals surface area contributed by atoms with Gasteiger partial charge in [0.2, 0.25) is 0 Å². The molecule has 1 aliphatic heterocycles. The molecule has 2 rings (SSSR count). The number of hydrogen-bond donors (Lipinski definition) is 1. The highest BCUT2D eigenvalue weighted by molar-refractivity contribution is 7.90. The maximum absolute atomic E-state index is 12.7. The third-order valence-electron chi connectivity index (χ3n) is 3.56. The van der Waals surface area contributed by atoms with Gasteiger partial charge in [-0.3, -0.25) is 4.31 Å². The molecule has 0 aromatic heterocycles. The maximum Gasteiger partial charge on any atom is 0.304 e. The minimum Gasteiger partial charge on any atom is -0.326 e. The fourth-order valence-corrected chi connectivity index (χ4v) is 4.24. The van der Waals surface area contributed by atoms with Gasteiger partial charge in [0.15, 0.2) is 0 Å². The van der Waals surface area contributed by atoms with Crippen LogP contribution in [0.4, 0.5) is 5.69 Å². The number of rotatable bonds is 6. The molecule has 112 valence electrons. The largest absolute Gasteiger partial charge is 0.326 e. The zero-order valence-electron chi connectivity index (χ0n) is 12.0. The Balaban J connectivity index is 2.29. The molecule has 1 aromatic rings. The van der Waals surface area contributed by atoms with Crippen molar-refractivity contribution < 1.29 is 8.42 Å². The van der Waals surface area contributed by atoms with Crippen molar-refractivity contribution in [1.29, 1.82) is 0 Å². The summed E-state index contributed by atoms with van der Waals surface area (Å²) < 4.78 is 28.5. The van der Waals surface area contributed by atoms with Crippen molar-refractivity contribution in [1.82, 2.24) is 4.31 Å². The molecule has 0 aliphatic carbocycles. The lowest BCUT2D eigenvalue weighted by Gasteiger charge is -2.28. The highest BCUT2D eigenvalue weighted by Crippen LogP contribution is 2.24. The second-order valence-electron chi connectivity index (χ2n) is 5.06. The van der Waals surface area contributed by atoms with Crippen molar-refractivity contribution in [3.8, 4) is 0 Å². The highest BCUT2D eigenvalue weighted by Gasteiger charge is 2.31. The van der Waals surface area contributed by atoms with Crippen LogP contribution in [-0.2, 0) is 16.8 Å². The van der Waals surface area contributed by atoms with E-state index in [4.69, 9.17) is 5.73 Å². The van der Waals surface area contributed by atoms with Crippen LogP contribution in [0.2, 0.25) is 0 Å². The summed E-state index contributed by atoms with van der Waals surface area (Å²) in [6, 6.07) is 7.45. The molecule has 2 N–H and O–H groups in total. The van der Waals surface area contributed by atoms with E-state index in [0.717, 1.165) is 30.5 Å². The summed E-state index contributed by atoms with van der Waals surface area (Å²) in [7, 11) is -3.40. The van der Waals surface area contributed by atoms with Crippen molar-refractivity contribution in [3.05, 3.63) is 29.8 Å². The fraction of sp³-hybridized carbons (Fsp3) is 0.571. The number of nitrogens with two attached hydrogens (primary N) is 1. The molecule has 20 heavy (non-hydrogen) atoms. The average molecular weight is 297 g/mol. The maximum atomic E-state index is 12.7. The lowest BCUT2D eigenvalue weighted by molar-refractivity contribution is 0.473. The zero-order chi connectivity index (χ0) is 14.6. The molecule has 1 heterocycles. The Morgan fingerprint density at radius 2 is 1.80 bits per heavy atom. The van der Waals surface area contributed by atoms with E-state index in [2.05, 4.69) is 0 Å². The Morgan fingerprint density at radius 1 is 1.20 bits per heavy atom. The van der Waals surface area contributed by atoms with E-state index >= 15 is 0 Å². The normalized spacial score (nSPS) is 16.5. The molecule has 0 radical (unpaired) electrons. The van der Waals surface area contributed by atoms with Gasteiger partial charge in [-0.1, -0.05) is 19.1 Å². The summed E-state index contributed by atoms with van der Waals surface area (Å²) in [5, 5.41) is 0. The first-order chi connectivity index (χ1) is 9.59. The minimum atomic E-state index is -3.40. The van der Waals surface area contributed by atoms with Gasteiger partial charge >= 0.3 is 10.2 Å². The van der Waals surface area contributed by atoms with Crippen LogP contribution in [0.3, 0.4) is 0 Å². The first-order valence-corrected chi connectivity index (χ1v) is 8.56. The summed E-state index contributed by atoms with van der Waals surface area (Å²) in [6.45, 7) is 4.21. The van der Waals surface area contributed by atoms with Crippen LogP contribution in [0.5, 0.6) is 0 Å². The Labute approximate surface area is 121 Å². The van der Waals surface area contributed by atoms with Gasteiger partial charge in [0.1, 0.15) is 0 Å². The third-order valence-corrected chi connectivity index (χ3v) is 5.52. The Kier molecular flexibility index (Phi) is 5.01. The molecule has 1 saturated heterocycles. The van der Waals surface area contributed by atoms with Gasteiger partial charge in [0.05, 0.1) is 5.69 Å². The molecule has 0 amide bonds. The van der Waals surface area contributed by atoms with Gasteiger partial charge in [-0.2, -0.15) is 12.7 Å². The van der Waals surface area contributed by atoms with Gasteiger partial charge in [0, 0.05) is 26.2 Å². The predicted molar refractivity (Wildman–Crippen MR) is 81.7 cm³/mol. The standard InChI is InChI=1S/C14H23N3O2S/c1-2-9-17(14-7-5-13(12-15)6-8-14)20(18,19)16-10-3-4-11-16/h5-8H,2-4,9-12,15H2,1H3. The lowest BCUT2D eigenvalue weighted by Crippen LogP contribution is -2.43. The third kappa shape index (κ3) is 3.13. The molecule has 0 bridgehead atoms. The summed E-state index contributed by atoms with van der Waals surface area (Å²) in [4.78, 5) is 0. The van der Waals surface area contributed by atoms with E-state index in [9.17, 15) is 8.42 Å². The second kappa shape index (κ2) is 6.56. The van der Waals surface area contributed by atoms with Gasteiger partial charge in [-0.25, -0.2) is 0 Å². The van der Waals surface area contributed by atoms with E-state index in [0.29, 0.717) is 26.2 Å². The smallest absolute Gasteiger partial charge is 0.304 e. The first-order valence-electron chi connectivity index (χ1n) is 7.16. The van der Waals surface area contributed by atoms with E-state index in [1.807, 2.05) is 31.2 Å². The van der Waals surface area contributed by atoms with Crippen molar-refractivity contribution in [3.63, 3.8) is 0 Å². The number of nitrogens with zero attached hydrogens (tertiary/aromatic N) is 2. The minimum absolute atomic E-state index is 0.465. The summed E-state index contributed by atoms with van der Waals surface area (Å²) >= 11 is 0. The van der Waals surface area contributed by atoms with E-state index < -0.39 is 10.2 Å². The Bertz CT molecular complexity index is 522. The molecule has 1 fully saturated rings. The van der Waals surface area contributed by atoms with E-state index in [-0.39, 0.29) is 0 Å². The molecular weight excluding hydrogens is 274 g/mol.